The molecular weight excluding hydrogens is 241 g/mol. The molecule has 0 saturated carbocycles. The Kier molecular flexibility index (Phi) is 3.19. The van der Waals surface area contributed by atoms with Crippen molar-refractivity contribution >= 4 is 6.29 Å². The molecule has 0 aliphatic rings. The minimum Gasteiger partial charge on any atom is -0.285 e. The first-order valence-electron chi connectivity index (χ1n) is 5.18. The zero-order valence-electron chi connectivity index (χ0n) is 9.16. The summed E-state index contributed by atoms with van der Waals surface area (Å²) < 4.78 is 38.6. The van der Waals surface area contributed by atoms with E-state index in [2.05, 4.69) is 0 Å². The van der Waals surface area contributed by atoms with Gasteiger partial charge >= 0.3 is 6.18 Å². The normalized spacial score (nSPS) is 11.3. The maximum Gasteiger partial charge on any atom is 0.417 e. The minimum absolute atomic E-state index is 0.0102. The highest BCUT2D eigenvalue weighted by molar-refractivity contribution is 5.88. The van der Waals surface area contributed by atoms with Crippen LogP contribution >= 0.6 is 0 Å². The number of hydrogen-bond donors (Lipinski definition) is 0. The van der Waals surface area contributed by atoms with Gasteiger partial charge in [-0.2, -0.15) is 13.2 Å². The van der Waals surface area contributed by atoms with Gasteiger partial charge in [-0.3, -0.25) is 4.79 Å². The monoisotopic (exact) mass is 249 g/mol. The van der Waals surface area contributed by atoms with Crippen LogP contribution in [0.3, 0.4) is 0 Å². The summed E-state index contributed by atoms with van der Waals surface area (Å²) in [5.74, 6) is 0. The molecule has 0 N–H and O–H groups in total. The van der Waals surface area contributed by atoms with Crippen LogP contribution in [0.1, 0.15) is 11.1 Å². The van der Waals surface area contributed by atoms with Crippen LogP contribution in [-0.2, 0) is 11.0 Å². The smallest absolute Gasteiger partial charge is 0.285 e. The molecule has 2 aromatic rings. The zero-order chi connectivity index (χ0) is 13.2. The topological polar surface area (TPSA) is 17.1 Å². The maximum atomic E-state index is 12.9. The summed E-state index contributed by atoms with van der Waals surface area (Å²) in [6.07, 6.45) is -2.80. The second kappa shape index (κ2) is 4.64. The van der Waals surface area contributed by atoms with Gasteiger partial charge in [-0.15, -0.1) is 0 Å². The predicted octanol–water partition coefficient (Wildman–Crippen LogP) is 3.83. The Morgan fingerprint density at radius 2 is 1.39 bits per heavy atom. The van der Waals surface area contributed by atoms with Crippen LogP contribution in [0.5, 0.6) is 0 Å². The lowest BCUT2D eigenvalue weighted by molar-refractivity contribution is -0.137. The standard InChI is InChI=1S/C14H8F3O/c15-14(16,17)13-8-4-3-7-12(13)11-6-2-1-5-10(11)9-18/h1-8H. The van der Waals surface area contributed by atoms with Crippen molar-refractivity contribution in [3.05, 3.63) is 59.7 Å². The first-order valence-corrected chi connectivity index (χ1v) is 5.18. The molecule has 0 bridgehead atoms. The average molecular weight is 249 g/mol. The Morgan fingerprint density at radius 1 is 0.833 bits per heavy atom. The molecule has 2 rings (SSSR count). The van der Waals surface area contributed by atoms with Crippen molar-refractivity contribution in [3.8, 4) is 11.1 Å². The van der Waals surface area contributed by atoms with Crippen LogP contribution in [0, 0.1) is 0 Å². The summed E-state index contributed by atoms with van der Waals surface area (Å²) in [6, 6.07) is 11.3. The molecule has 18 heavy (non-hydrogen) atoms. The summed E-state index contributed by atoms with van der Waals surface area (Å²) in [7, 11) is 0. The van der Waals surface area contributed by atoms with Crippen molar-refractivity contribution in [2.75, 3.05) is 0 Å². The Morgan fingerprint density at radius 3 is 2.00 bits per heavy atom. The fourth-order valence-corrected chi connectivity index (χ4v) is 1.77. The first-order chi connectivity index (χ1) is 8.54. The van der Waals surface area contributed by atoms with Crippen molar-refractivity contribution < 1.29 is 18.0 Å². The van der Waals surface area contributed by atoms with Crippen molar-refractivity contribution in [1.82, 2.24) is 0 Å². The molecule has 0 heterocycles. The molecule has 0 spiro atoms. The molecule has 91 valence electrons. The summed E-state index contributed by atoms with van der Waals surface area (Å²) in [6.45, 7) is 0. The van der Waals surface area contributed by atoms with Gasteiger partial charge in [0.2, 0.25) is 6.29 Å². The summed E-state index contributed by atoms with van der Waals surface area (Å²) in [4.78, 5) is 10.8. The molecular formula is C14H8F3O. The quantitative estimate of drug-likeness (QED) is 0.790. The zero-order valence-corrected chi connectivity index (χ0v) is 9.16. The molecule has 4 heteroatoms. The van der Waals surface area contributed by atoms with Gasteiger partial charge in [-0.1, -0.05) is 42.5 Å². The van der Waals surface area contributed by atoms with E-state index in [-0.39, 0.29) is 16.7 Å². The molecule has 2 aromatic carbocycles. The molecule has 0 unspecified atom stereocenters. The number of halogens is 3. The average Bonchev–Trinajstić information content (AvgIpc) is 2.37. The van der Waals surface area contributed by atoms with Gasteiger partial charge in [0.05, 0.1) is 5.56 Å². The lowest BCUT2D eigenvalue weighted by atomic mass is 9.96. The van der Waals surface area contributed by atoms with E-state index in [1.807, 2.05) is 0 Å². The SMILES string of the molecule is O=[C]c1ccccc1-c1ccccc1C(F)(F)F. The Bertz CT molecular complexity index is 573. The van der Waals surface area contributed by atoms with E-state index in [1.165, 1.54) is 30.3 Å². The maximum absolute atomic E-state index is 12.9. The summed E-state index contributed by atoms with van der Waals surface area (Å²) in [5.41, 5.74) is -0.411. The molecule has 0 amide bonds. The van der Waals surface area contributed by atoms with Gasteiger partial charge in [0.25, 0.3) is 0 Å². The van der Waals surface area contributed by atoms with Gasteiger partial charge in [-0.05, 0) is 17.2 Å². The molecule has 0 aliphatic carbocycles. The van der Waals surface area contributed by atoms with Gasteiger partial charge in [-0.25, -0.2) is 0 Å². The van der Waals surface area contributed by atoms with Gasteiger partial charge in [0.1, 0.15) is 0 Å². The van der Waals surface area contributed by atoms with Crippen molar-refractivity contribution in [1.29, 1.82) is 0 Å². The van der Waals surface area contributed by atoms with Crippen molar-refractivity contribution in [3.63, 3.8) is 0 Å². The third-order valence-corrected chi connectivity index (χ3v) is 2.56. The molecule has 0 aliphatic heterocycles. The van der Waals surface area contributed by atoms with E-state index < -0.39 is 11.7 Å². The van der Waals surface area contributed by atoms with Crippen molar-refractivity contribution in [2.45, 2.75) is 6.18 Å². The lowest BCUT2D eigenvalue weighted by Gasteiger charge is -2.13. The third kappa shape index (κ3) is 2.27. The second-order valence-electron chi connectivity index (χ2n) is 3.69. The van der Waals surface area contributed by atoms with Crippen LogP contribution in [0.15, 0.2) is 48.5 Å². The lowest BCUT2D eigenvalue weighted by Crippen LogP contribution is -2.07. The van der Waals surface area contributed by atoms with Crippen LogP contribution < -0.4 is 0 Å². The highest BCUT2D eigenvalue weighted by Gasteiger charge is 2.33. The fraction of sp³-hybridized carbons (Fsp3) is 0.0714. The Hall–Kier alpha value is -2.10. The largest absolute Gasteiger partial charge is 0.417 e. The van der Waals surface area contributed by atoms with Gasteiger partial charge in [0.15, 0.2) is 0 Å². The first kappa shape index (κ1) is 12.4. The molecule has 0 saturated heterocycles. The van der Waals surface area contributed by atoms with E-state index in [0.717, 1.165) is 6.07 Å². The second-order valence-corrected chi connectivity index (χ2v) is 3.69. The van der Waals surface area contributed by atoms with E-state index in [0.29, 0.717) is 0 Å². The predicted molar refractivity (Wildman–Crippen MR) is 61.7 cm³/mol. The van der Waals surface area contributed by atoms with E-state index in [1.54, 1.807) is 18.4 Å². The number of hydrogen-bond acceptors (Lipinski definition) is 1. The Labute approximate surface area is 102 Å². The number of rotatable bonds is 2. The molecule has 1 nitrogen and oxygen atoms in total. The van der Waals surface area contributed by atoms with Crippen LogP contribution in [0.2, 0.25) is 0 Å². The van der Waals surface area contributed by atoms with E-state index in [4.69, 9.17) is 0 Å². The molecule has 0 atom stereocenters. The molecule has 1 radical (unpaired) electrons. The van der Waals surface area contributed by atoms with Gasteiger partial charge < -0.3 is 0 Å². The van der Waals surface area contributed by atoms with Crippen LogP contribution in [0.25, 0.3) is 11.1 Å². The summed E-state index contributed by atoms with van der Waals surface area (Å²) in [5, 5.41) is 0. The van der Waals surface area contributed by atoms with Crippen LogP contribution in [0.4, 0.5) is 13.2 Å². The van der Waals surface area contributed by atoms with E-state index in [9.17, 15) is 18.0 Å². The number of alkyl halides is 3. The number of benzene rings is 2. The van der Waals surface area contributed by atoms with Gasteiger partial charge in [0, 0.05) is 5.56 Å². The minimum atomic E-state index is -4.45. The van der Waals surface area contributed by atoms with Crippen LogP contribution in [-0.4, -0.2) is 6.29 Å². The van der Waals surface area contributed by atoms with Crippen molar-refractivity contribution in [2.24, 2.45) is 0 Å². The summed E-state index contributed by atoms with van der Waals surface area (Å²) >= 11 is 0. The van der Waals surface area contributed by atoms with E-state index >= 15 is 0 Å². The molecule has 0 aromatic heterocycles. The highest BCUT2D eigenvalue weighted by Crippen LogP contribution is 2.37. The highest BCUT2D eigenvalue weighted by atomic mass is 19.4. The number of carbonyl (C=O) groups excluding carboxylic acids is 1. The molecule has 0 fully saturated rings. The Balaban J connectivity index is 2.68. The third-order valence-electron chi connectivity index (χ3n) is 2.56. The fourth-order valence-electron chi connectivity index (χ4n) is 1.77.